The van der Waals surface area contributed by atoms with Gasteiger partial charge < -0.3 is 22.1 Å². The third-order valence-corrected chi connectivity index (χ3v) is 5.29. The van der Waals surface area contributed by atoms with Gasteiger partial charge in [-0.1, -0.05) is 59.9 Å². The first-order valence-corrected chi connectivity index (χ1v) is 9.81. The van der Waals surface area contributed by atoms with Gasteiger partial charge in [0.1, 0.15) is 0 Å². The Kier molecular flexibility index (Phi) is 7.15. The molecular formula is C27H25N3Rh. The maximum absolute atomic E-state index is 3.44. The summed E-state index contributed by atoms with van der Waals surface area (Å²) < 4.78 is 0. The predicted molar refractivity (Wildman–Crippen MR) is 128 cm³/mol. The van der Waals surface area contributed by atoms with Crippen molar-refractivity contribution in [3.05, 3.63) is 117 Å². The number of benzene rings is 4. The minimum atomic E-state index is 0. The van der Waals surface area contributed by atoms with Gasteiger partial charge in [0.05, 0.1) is 18.0 Å². The van der Waals surface area contributed by atoms with E-state index in [0.717, 1.165) is 29.4 Å². The fraction of sp³-hybridized carbons (Fsp3) is 0.0741. The van der Waals surface area contributed by atoms with Gasteiger partial charge in [-0.25, -0.2) is 0 Å². The summed E-state index contributed by atoms with van der Waals surface area (Å²) in [5.41, 5.74) is 6.91. The molecule has 31 heavy (non-hydrogen) atoms. The summed E-state index contributed by atoms with van der Waals surface area (Å²) in [7, 11) is 2.13. The Labute approximate surface area is 198 Å². The summed E-state index contributed by atoms with van der Waals surface area (Å²) in [4.78, 5) is 6.86. The summed E-state index contributed by atoms with van der Waals surface area (Å²) in [6.07, 6.45) is 0. The van der Waals surface area contributed by atoms with E-state index in [1.54, 1.807) is 0 Å². The van der Waals surface area contributed by atoms with Crippen LogP contribution in [-0.4, -0.2) is 13.7 Å². The molecule has 0 atom stereocenters. The molecule has 0 amide bonds. The first-order valence-electron chi connectivity index (χ1n) is 9.81. The second kappa shape index (κ2) is 9.81. The predicted octanol–water partition coefficient (Wildman–Crippen LogP) is 6.95. The van der Waals surface area contributed by atoms with Crippen molar-refractivity contribution >= 4 is 34.1 Å². The third-order valence-electron chi connectivity index (χ3n) is 5.29. The molecule has 0 bridgehead atoms. The molecule has 0 fully saturated rings. The second-order valence-corrected chi connectivity index (χ2v) is 7.19. The number of anilines is 6. The van der Waals surface area contributed by atoms with Crippen molar-refractivity contribution in [1.82, 2.24) is 0 Å². The maximum Gasteiger partial charge on any atom is 2.00 e. The van der Waals surface area contributed by atoms with Crippen LogP contribution >= 0.6 is 0 Å². The molecule has 4 aromatic rings. The number of hydrogen-bond donors (Lipinski definition) is 0. The smallest absolute Gasteiger partial charge is 0.358 e. The van der Waals surface area contributed by atoms with Crippen LogP contribution in [0.1, 0.15) is 0 Å². The quantitative estimate of drug-likeness (QED) is 0.225. The molecular weight excluding hydrogens is 469 g/mol. The van der Waals surface area contributed by atoms with Crippen molar-refractivity contribution in [2.75, 3.05) is 28.4 Å². The Morgan fingerprint density at radius 2 is 1.26 bits per heavy atom. The van der Waals surface area contributed by atoms with Crippen LogP contribution < -0.4 is 14.7 Å². The SMILES string of the molecule is CN1CN(c2[c-]ccc(N(c3ccccc3)c3ccccc3)c2)c2ccccc21.[CH3-].[Rh+2]. The molecule has 0 saturated heterocycles. The molecule has 1 radical (unpaired) electrons. The molecule has 4 heteroatoms. The van der Waals surface area contributed by atoms with Crippen molar-refractivity contribution in [2.24, 2.45) is 0 Å². The van der Waals surface area contributed by atoms with E-state index in [1.165, 1.54) is 11.4 Å². The Morgan fingerprint density at radius 1 is 0.710 bits per heavy atom. The Balaban J connectivity index is 0.00000136. The van der Waals surface area contributed by atoms with Crippen molar-refractivity contribution in [1.29, 1.82) is 0 Å². The Hall–Kier alpha value is -3.10. The average molecular weight is 494 g/mol. The first-order chi connectivity index (χ1) is 14.3. The fourth-order valence-corrected chi connectivity index (χ4v) is 3.92. The number of fused-ring (bicyclic) bond motifs is 1. The van der Waals surface area contributed by atoms with E-state index in [-0.39, 0.29) is 26.9 Å². The Bertz CT molecular complexity index is 1080. The molecule has 0 N–H and O–H groups in total. The van der Waals surface area contributed by atoms with Gasteiger partial charge in [-0.15, -0.1) is 12.1 Å². The zero-order chi connectivity index (χ0) is 19.6. The normalized spacial score (nSPS) is 11.9. The molecule has 0 aliphatic carbocycles. The molecule has 1 aliphatic heterocycles. The van der Waals surface area contributed by atoms with Gasteiger partial charge in [0.15, 0.2) is 0 Å². The molecule has 3 nitrogen and oxygen atoms in total. The van der Waals surface area contributed by atoms with E-state index in [4.69, 9.17) is 0 Å². The number of rotatable bonds is 4. The number of nitrogens with zero attached hydrogens (tertiary/aromatic N) is 3. The van der Waals surface area contributed by atoms with Crippen molar-refractivity contribution in [2.45, 2.75) is 0 Å². The van der Waals surface area contributed by atoms with Gasteiger partial charge in [-0.2, -0.15) is 12.1 Å². The largest absolute Gasteiger partial charge is 2.00 e. The summed E-state index contributed by atoms with van der Waals surface area (Å²) in [5, 5.41) is 0. The Morgan fingerprint density at radius 3 is 1.87 bits per heavy atom. The second-order valence-electron chi connectivity index (χ2n) is 7.19. The van der Waals surface area contributed by atoms with Crippen LogP contribution in [0.25, 0.3) is 0 Å². The van der Waals surface area contributed by atoms with Gasteiger partial charge in [0, 0.05) is 18.4 Å². The van der Waals surface area contributed by atoms with Gasteiger partial charge in [-0.05, 0) is 36.4 Å². The molecule has 0 aromatic heterocycles. The third kappa shape index (κ3) is 4.35. The van der Waals surface area contributed by atoms with Gasteiger partial charge in [0.2, 0.25) is 0 Å². The molecule has 0 unspecified atom stereocenters. The van der Waals surface area contributed by atoms with Crippen LogP contribution in [0.5, 0.6) is 0 Å². The minimum Gasteiger partial charge on any atom is -0.358 e. The average Bonchev–Trinajstić information content (AvgIpc) is 3.13. The minimum absolute atomic E-state index is 0. The maximum atomic E-state index is 3.44. The number of hydrogen-bond acceptors (Lipinski definition) is 3. The molecule has 0 spiro atoms. The van der Waals surface area contributed by atoms with E-state index in [2.05, 4.69) is 113 Å². The van der Waals surface area contributed by atoms with Crippen LogP contribution in [0.4, 0.5) is 34.1 Å². The van der Waals surface area contributed by atoms with E-state index in [0.29, 0.717) is 0 Å². The standard InChI is InChI=1S/C26H22N3.CH3.Rh/c1-27-20-28(26-18-9-8-17-25(26)27)23-15-10-16-24(19-23)29(21-11-4-2-5-12-21)22-13-6-3-7-14-22;;/h2-14,16-19H,20H2,1H3;1H3;/q2*-1;+2. The zero-order valence-corrected chi connectivity index (χ0v) is 19.3. The number of para-hydroxylation sites is 4. The van der Waals surface area contributed by atoms with Crippen LogP contribution in [0.3, 0.4) is 0 Å². The van der Waals surface area contributed by atoms with Gasteiger partial charge in [-0.3, -0.25) is 0 Å². The van der Waals surface area contributed by atoms with Crippen molar-refractivity contribution in [3.63, 3.8) is 0 Å². The van der Waals surface area contributed by atoms with Crippen molar-refractivity contribution in [3.8, 4) is 0 Å². The van der Waals surface area contributed by atoms with E-state index in [1.807, 2.05) is 18.2 Å². The van der Waals surface area contributed by atoms with E-state index >= 15 is 0 Å². The summed E-state index contributed by atoms with van der Waals surface area (Å²) in [5.74, 6) is 0. The van der Waals surface area contributed by atoms with Crippen LogP contribution in [-0.2, 0) is 19.5 Å². The molecule has 4 aromatic carbocycles. The topological polar surface area (TPSA) is 9.72 Å². The monoisotopic (exact) mass is 494 g/mol. The molecule has 157 valence electrons. The van der Waals surface area contributed by atoms with Crippen LogP contribution in [0.15, 0.2) is 103 Å². The molecule has 1 heterocycles. The molecule has 0 saturated carbocycles. The van der Waals surface area contributed by atoms with Gasteiger partial charge in [0.25, 0.3) is 0 Å². The van der Waals surface area contributed by atoms with Crippen LogP contribution in [0, 0.1) is 13.5 Å². The fourth-order valence-electron chi connectivity index (χ4n) is 3.92. The summed E-state index contributed by atoms with van der Waals surface area (Å²) >= 11 is 0. The van der Waals surface area contributed by atoms with Crippen molar-refractivity contribution < 1.29 is 19.5 Å². The molecule has 5 rings (SSSR count). The molecule has 1 aliphatic rings. The summed E-state index contributed by atoms with van der Waals surface area (Å²) in [6, 6.07) is 39.3. The zero-order valence-electron chi connectivity index (χ0n) is 17.7. The van der Waals surface area contributed by atoms with Gasteiger partial charge >= 0.3 is 19.5 Å². The summed E-state index contributed by atoms with van der Waals surface area (Å²) in [6.45, 7) is 0.815. The van der Waals surface area contributed by atoms with E-state index in [9.17, 15) is 0 Å². The van der Waals surface area contributed by atoms with E-state index < -0.39 is 0 Å². The first kappa shape index (κ1) is 22.6. The van der Waals surface area contributed by atoms with Crippen LogP contribution in [0.2, 0.25) is 0 Å².